The average Bonchev–Trinajstić information content (AvgIpc) is 2.09. The van der Waals surface area contributed by atoms with Gasteiger partial charge in [0.05, 0.1) is 5.75 Å². The highest BCUT2D eigenvalue weighted by molar-refractivity contribution is 8.00. The molecule has 0 fully saturated rings. The molecule has 0 aliphatic heterocycles. The fraction of sp³-hybridized carbons (Fsp3) is 0.900. The summed E-state index contributed by atoms with van der Waals surface area (Å²) in [6.07, 6.45) is 1.20. The summed E-state index contributed by atoms with van der Waals surface area (Å²) in [6, 6.07) is 0.142. The first-order valence-corrected chi connectivity index (χ1v) is 8.61. The van der Waals surface area contributed by atoms with Crippen LogP contribution in [0.3, 0.4) is 0 Å². The maximum absolute atomic E-state index is 11.4. The Morgan fingerprint density at radius 1 is 1.47 bits per heavy atom. The van der Waals surface area contributed by atoms with Crippen LogP contribution in [0.5, 0.6) is 0 Å². The van der Waals surface area contributed by atoms with Crippen LogP contribution in [0.15, 0.2) is 0 Å². The number of rotatable bonds is 8. The molecule has 0 aliphatic carbocycles. The topological polar surface area (TPSA) is 89.3 Å². The van der Waals surface area contributed by atoms with Gasteiger partial charge in [0.2, 0.25) is 5.91 Å². The lowest BCUT2D eigenvalue weighted by Crippen LogP contribution is -2.57. The molecule has 17 heavy (non-hydrogen) atoms. The molecule has 0 saturated carbocycles. The lowest BCUT2D eigenvalue weighted by Gasteiger charge is -2.29. The van der Waals surface area contributed by atoms with E-state index in [1.54, 1.807) is 6.92 Å². The Morgan fingerprint density at radius 2 is 2.00 bits per heavy atom. The van der Waals surface area contributed by atoms with E-state index in [2.05, 4.69) is 5.32 Å². The number of nitrogens with one attached hydrogen (secondary N) is 1. The Balaban J connectivity index is 4.24. The van der Waals surface area contributed by atoms with Crippen molar-refractivity contribution in [3.63, 3.8) is 0 Å². The normalized spacial score (nSPS) is 15.8. The summed E-state index contributed by atoms with van der Waals surface area (Å²) in [5, 5.41) is 3.11. The molecular formula is C10H22N2O3S2. The summed E-state index contributed by atoms with van der Waals surface area (Å²) in [6.45, 7) is 5.60. The molecule has 0 rings (SSSR count). The number of primary amides is 1. The van der Waals surface area contributed by atoms with Gasteiger partial charge in [0.15, 0.2) is 0 Å². The summed E-state index contributed by atoms with van der Waals surface area (Å²) in [4.78, 5) is 11.4. The fourth-order valence-corrected chi connectivity index (χ4v) is 3.77. The van der Waals surface area contributed by atoms with Crippen LogP contribution in [-0.2, 0) is 14.6 Å². The Morgan fingerprint density at radius 3 is 2.35 bits per heavy atom. The molecule has 0 aromatic rings. The third-order valence-corrected chi connectivity index (χ3v) is 4.62. The Bertz CT molecular complexity index is 355. The first kappa shape index (κ1) is 16.7. The van der Waals surface area contributed by atoms with E-state index in [9.17, 15) is 13.2 Å². The number of amides is 1. The summed E-state index contributed by atoms with van der Waals surface area (Å²) in [5.74, 6) is 0.643. The van der Waals surface area contributed by atoms with Crippen LogP contribution in [0.25, 0.3) is 0 Å². The van der Waals surface area contributed by atoms with Crippen molar-refractivity contribution in [3.8, 4) is 0 Å². The summed E-state index contributed by atoms with van der Waals surface area (Å²) in [7, 11) is -2.94. The summed E-state index contributed by atoms with van der Waals surface area (Å²) < 4.78 is 21.9. The summed E-state index contributed by atoms with van der Waals surface area (Å²) >= 11 is 1.41. The average molecular weight is 282 g/mol. The van der Waals surface area contributed by atoms with E-state index in [0.29, 0.717) is 11.5 Å². The molecule has 0 aromatic carbocycles. The number of hydrogen-bond acceptors (Lipinski definition) is 5. The Hall–Kier alpha value is -0.270. The van der Waals surface area contributed by atoms with Crippen molar-refractivity contribution >= 4 is 27.5 Å². The largest absolute Gasteiger partial charge is 0.368 e. The zero-order valence-corrected chi connectivity index (χ0v) is 12.5. The predicted octanol–water partition coefficient (Wildman–Crippen LogP) is 0.00620. The van der Waals surface area contributed by atoms with Gasteiger partial charge in [0.1, 0.15) is 15.4 Å². The van der Waals surface area contributed by atoms with Crippen molar-refractivity contribution in [2.45, 2.75) is 32.4 Å². The molecule has 3 N–H and O–H groups in total. The van der Waals surface area contributed by atoms with Gasteiger partial charge in [-0.2, -0.15) is 11.8 Å². The van der Waals surface area contributed by atoms with Crippen molar-refractivity contribution in [2.24, 2.45) is 5.73 Å². The maximum Gasteiger partial charge on any atom is 0.238 e. The van der Waals surface area contributed by atoms with Crippen LogP contribution in [-0.4, -0.2) is 49.4 Å². The van der Waals surface area contributed by atoms with E-state index in [0.717, 1.165) is 0 Å². The zero-order valence-electron chi connectivity index (χ0n) is 10.8. The van der Waals surface area contributed by atoms with Gasteiger partial charge in [-0.25, -0.2) is 8.42 Å². The van der Waals surface area contributed by atoms with Crippen molar-refractivity contribution in [1.82, 2.24) is 5.32 Å². The van der Waals surface area contributed by atoms with Gasteiger partial charge in [-0.3, -0.25) is 4.79 Å². The standard InChI is InChI=1S/C10H22N2O3S2/c1-8(2)12-10(3,9(11)13)7-16-5-6-17(4,14)15/h8,12H,5-7H2,1-4H3,(H2,11,13). The number of thioether (sulfide) groups is 1. The zero-order chi connectivity index (χ0) is 13.7. The van der Waals surface area contributed by atoms with Crippen LogP contribution in [0.4, 0.5) is 0 Å². The minimum Gasteiger partial charge on any atom is -0.368 e. The van der Waals surface area contributed by atoms with Crippen molar-refractivity contribution in [3.05, 3.63) is 0 Å². The number of hydrogen-bond donors (Lipinski definition) is 2. The number of carbonyl (C=O) groups excluding carboxylic acids is 1. The molecule has 0 heterocycles. The van der Waals surface area contributed by atoms with Gasteiger partial charge in [0.25, 0.3) is 0 Å². The van der Waals surface area contributed by atoms with Gasteiger partial charge < -0.3 is 11.1 Å². The lowest BCUT2D eigenvalue weighted by atomic mass is 10.0. The number of carbonyl (C=O) groups is 1. The van der Waals surface area contributed by atoms with Crippen molar-refractivity contribution in [1.29, 1.82) is 0 Å². The highest BCUT2D eigenvalue weighted by atomic mass is 32.2. The molecule has 1 unspecified atom stereocenters. The maximum atomic E-state index is 11.4. The molecule has 5 nitrogen and oxygen atoms in total. The van der Waals surface area contributed by atoms with Gasteiger partial charge in [-0.05, 0) is 20.8 Å². The molecule has 1 amide bonds. The second kappa shape index (κ2) is 6.61. The van der Waals surface area contributed by atoms with Crippen LogP contribution in [0.2, 0.25) is 0 Å². The second-order valence-electron chi connectivity index (χ2n) is 4.68. The van der Waals surface area contributed by atoms with E-state index in [1.807, 2.05) is 13.8 Å². The second-order valence-corrected chi connectivity index (χ2v) is 8.04. The molecule has 0 bridgehead atoms. The molecular weight excluding hydrogens is 260 g/mol. The van der Waals surface area contributed by atoms with Crippen molar-refractivity contribution < 1.29 is 13.2 Å². The minimum atomic E-state index is -2.94. The third-order valence-electron chi connectivity index (χ3n) is 2.14. The quantitative estimate of drug-likeness (QED) is 0.612. The molecule has 0 aromatic heterocycles. The minimum absolute atomic E-state index is 0.119. The number of sulfone groups is 1. The fourth-order valence-electron chi connectivity index (χ4n) is 1.31. The lowest BCUT2D eigenvalue weighted by molar-refractivity contribution is -0.123. The van der Waals surface area contributed by atoms with Gasteiger partial charge >= 0.3 is 0 Å². The SMILES string of the molecule is CC(C)NC(C)(CSCCS(C)(=O)=O)C(N)=O. The molecule has 0 radical (unpaired) electrons. The van der Waals surface area contributed by atoms with Crippen LogP contribution < -0.4 is 11.1 Å². The number of nitrogens with two attached hydrogens (primary N) is 1. The molecule has 102 valence electrons. The van der Waals surface area contributed by atoms with Gasteiger partial charge in [0, 0.05) is 23.8 Å². The predicted molar refractivity (Wildman–Crippen MR) is 72.9 cm³/mol. The van der Waals surface area contributed by atoms with Crippen LogP contribution >= 0.6 is 11.8 Å². The first-order valence-electron chi connectivity index (χ1n) is 5.40. The molecule has 1 atom stereocenters. The smallest absolute Gasteiger partial charge is 0.238 e. The van der Waals surface area contributed by atoms with Crippen LogP contribution in [0.1, 0.15) is 20.8 Å². The van der Waals surface area contributed by atoms with Crippen molar-refractivity contribution in [2.75, 3.05) is 23.5 Å². The van der Waals surface area contributed by atoms with E-state index in [-0.39, 0.29) is 11.8 Å². The highest BCUT2D eigenvalue weighted by Gasteiger charge is 2.31. The molecule has 0 spiro atoms. The molecule has 7 heteroatoms. The Labute approximate surface area is 108 Å². The molecule has 0 aliphatic rings. The summed E-state index contributed by atoms with van der Waals surface area (Å²) in [5.41, 5.74) is 4.56. The van der Waals surface area contributed by atoms with Gasteiger partial charge in [-0.15, -0.1) is 0 Å². The van der Waals surface area contributed by atoms with E-state index in [1.165, 1.54) is 18.0 Å². The molecule has 0 saturated heterocycles. The first-order chi connectivity index (χ1) is 7.57. The van der Waals surface area contributed by atoms with E-state index in [4.69, 9.17) is 5.73 Å². The van der Waals surface area contributed by atoms with E-state index < -0.39 is 21.3 Å². The third kappa shape index (κ3) is 7.62. The van der Waals surface area contributed by atoms with E-state index >= 15 is 0 Å². The van der Waals surface area contributed by atoms with Crippen LogP contribution in [0, 0.1) is 0 Å². The highest BCUT2D eigenvalue weighted by Crippen LogP contribution is 2.14. The Kier molecular flexibility index (Phi) is 6.50. The van der Waals surface area contributed by atoms with Gasteiger partial charge in [-0.1, -0.05) is 0 Å². The monoisotopic (exact) mass is 282 g/mol.